The lowest BCUT2D eigenvalue weighted by molar-refractivity contribution is -0.132. The highest BCUT2D eigenvalue weighted by Gasteiger charge is 2.35. The average Bonchev–Trinajstić information content (AvgIpc) is 2.69. The van der Waals surface area contributed by atoms with Crippen molar-refractivity contribution < 1.29 is 14.3 Å². The van der Waals surface area contributed by atoms with Gasteiger partial charge in [-0.1, -0.05) is 29.8 Å². The second-order valence-electron chi connectivity index (χ2n) is 6.17. The molecule has 2 aromatic rings. The monoisotopic (exact) mass is 478 g/mol. The summed E-state index contributed by atoms with van der Waals surface area (Å²) in [5.74, 6) is -0.201. The fourth-order valence-corrected chi connectivity index (χ4v) is 3.41. The lowest BCUT2D eigenvalue weighted by atomic mass is 10.1. The van der Waals surface area contributed by atoms with Gasteiger partial charge in [0.1, 0.15) is 17.9 Å². The Morgan fingerprint density at radius 1 is 1.07 bits per heavy atom. The van der Waals surface area contributed by atoms with Crippen LogP contribution in [0.5, 0.6) is 5.75 Å². The lowest BCUT2D eigenvalue weighted by Gasteiger charge is -2.31. The Bertz CT molecular complexity index is 965. The van der Waals surface area contributed by atoms with Gasteiger partial charge in [0, 0.05) is 19.1 Å². The molecule has 0 aromatic heterocycles. The third kappa shape index (κ3) is 4.27. The van der Waals surface area contributed by atoms with E-state index in [1.165, 1.54) is 9.80 Å². The molecule has 0 saturated carbocycles. The summed E-state index contributed by atoms with van der Waals surface area (Å²) >= 11 is 14.4. The molecule has 1 heterocycles. The number of carbonyl (C=O) groups excluding carboxylic acids is 2. The Labute approximate surface area is 181 Å². The van der Waals surface area contributed by atoms with Gasteiger partial charge in [-0.15, -0.1) is 0 Å². The first-order chi connectivity index (χ1) is 13.3. The SMILES string of the molecule is CN1C(=O)C(=Cc2ccc(OCc3ccc(Cl)cc3)c(Br)c2)C(=O)N(C)C1=S. The van der Waals surface area contributed by atoms with Crippen molar-refractivity contribution in [2.24, 2.45) is 0 Å². The summed E-state index contributed by atoms with van der Waals surface area (Å²) in [4.78, 5) is 27.4. The summed E-state index contributed by atoms with van der Waals surface area (Å²) in [6.07, 6.45) is 1.55. The van der Waals surface area contributed by atoms with Crippen LogP contribution in [0.2, 0.25) is 5.02 Å². The maximum atomic E-state index is 12.4. The summed E-state index contributed by atoms with van der Waals surface area (Å²) in [5.41, 5.74) is 1.74. The highest BCUT2D eigenvalue weighted by Crippen LogP contribution is 2.28. The Morgan fingerprint density at radius 2 is 1.68 bits per heavy atom. The largest absolute Gasteiger partial charge is 0.488 e. The number of amides is 2. The number of hydrogen-bond donors (Lipinski definition) is 0. The van der Waals surface area contributed by atoms with Crippen molar-refractivity contribution in [1.82, 2.24) is 9.80 Å². The third-order valence-electron chi connectivity index (χ3n) is 4.22. The molecule has 0 radical (unpaired) electrons. The van der Waals surface area contributed by atoms with Crippen LogP contribution >= 0.6 is 39.7 Å². The van der Waals surface area contributed by atoms with Crippen LogP contribution in [0.3, 0.4) is 0 Å². The first kappa shape index (κ1) is 20.5. The molecule has 0 atom stereocenters. The van der Waals surface area contributed by atoms with E-state index in [4.69, 9.17) is 28.6 Å². The van der Waals surface area contributed by atoms with Crippen molar-refractivity contribution in [3.8, 4) is 5.75 Å². The fourth-order valence-electron chi connectivity index (χ4n) is 2.61. The molecule has 144 valence electrons. The summed E-state index contributed by atoms with van der Waals surface area (Å²) in [7, 11) is 3.09. The van der Waals surface area contributed by atoms with E-state index in [0.717, 1.165) is 5.56 Å². The number of hydrogen-bond acceptors (Lipinski definition) is 4. The van der Waals surface area contributed by atoms with Gasteiger partial charge in [-0.2, -0.15) is 0 Å². The van der Waals surface area contributed by atoms with Gasteiger partial charge in [0.05, 0.1) is 4.47 Å². The molecular formula is C20H16BrClN2O3S. The number of nitrogens with zero attached hydrogens (tertiary/aromatic N) is 2. The average molecular weight is 480 g/mol. The van der Waals surface area contributed by atoms with Crippen molar-refractivity contribution in [2.75, 3.05) is 14.1 Å². The molecule has 28 heavy (non-hydrogen) atoms. The maximum absolute atomic E-state index is 12.4. The number of likely N-dealkylation sites (N-methyl/N-ethyl adjacent to an activating group) is 2. The lowest BCUT2D eigenvalue weighted by Crippen LogP contribution is -2.52. The van der Waals surface area contributed by atoms with Crippen LogP contribution in [0.15, 0.2) is 52.5 Å². The third-order valence-corrected chi connectivity index (χ3v) is 5.64. The number of benzene rings is 2. The van der Waals surface area contributed by atoms with Crippen molar-refractivity contribution in [1.29, 1.82) is 0 Å². The molecule has 0 spiro atoms. The summed E-state index contributed by atoms with van der Waals surface area (Å²) in [6.45, 7) is 0.389. The minimum atomic E-state index is -0.424. The van der Waals surface area contributed by atoms with Crippen LogP contribution in [0, 0.1) is 0 Å². The molecule has 0 unspecified atom stereocenters. The normalized spacial score (nSPS) is 14.6. The number of thiocarbonyl (C=S) groups is 1. The van der Waals surface area contributed by atoms with Gasteiger partial charge in [-0.05, 0) is 69.6 Å². The smallest absolute Gasteiger partial charge is 0.265 e. The topological polar surface area (TPSA) is 49.9 Å². The molecule has 1 fully saturated rings. The quantitative estimate of drug-likeness (QED) is 0.373. The second-order valence-corrected chi connectivity index (χ2v) is 7.83. The van der Waals surface area contributed by atoms with E-state index in [1.807, 2.05) is 24.3 Å². The zero-order valence-electron chi connectivity index (χ0n) is 15.1. The molecule has 2 amide bonds. The van der Waals surface area contributed by atoms with Crippen molar-refractivity contribution in [2.45, 2.75) is 6.61 Å². The predicted molar refractivity (Wildman–Crippen MR) is 116 cm³/mol. The minimum Gasteiger partial charge on any atom is -0.488 e. The van der Waals surface area contributed by atoms with Crippen LogP contribution in [-0.4, -0.2) is 40.8 Å². The second kappa shape index (κ2) is 8.43. The zero-order chi connectivity index (χ0) is 20.4. The molecule has 2 aromatic carbocycles. The molecule has 1 aliphatic rings. The van der Waals surface area contributed by atoms with Gasteiger partial charge in [0.2, 0.25) is 0 Å². The van der Waals surface area contributed by atoms with Crippen molar-refractivity contribution in [3.05, 3.63) is 68.7 Å². The molecule has 5 nitrogen and oxygen atoms in total. The molecule has 0 bridgehead atoms. The number of ether oxygens (including phenoxy) is 1. The highest BCUT2D eigenvalue weighted by atomic mass is 79.9. The molecule has 1 saturated heterocycles. The number of carbonyl (C=O) groups is 2. The van der Waals surface area contributed by atoms with Gasteiger partial charge >= 0.3 is 0 Å². The van der Waals surface area contributed by atoms with E-state index in [1.54, 1.807) is 38.4 Å². The Kier molecular flexibility index (Phi) is 6.17. The summed E-state index contributed by atoms with van der Waals surface area (Å²) in [5, 5.41) is 0.852. The van der Waals surface area contributed by atoms with E-state index < -0.39 is 11.8 Å². The molecule has 1 aliphatic heterocycles. The van der Waals surface area contributed by atoms with Crippen molar-refractivity contribution >= 4 is 62.8 Å². The molecular weight excluding hydrogens is 464 g/mol. The summed E-state index contributed by atoms with van der Waals surface area (Å²) in [6, 6.07) is 12.8. The first-order valence-corrected chi connectivity index (χ1v) is 9.84. The zero-order valence-corrected chi connectivity index (χ0v) is 18.3. The van der Waals surface area contributed by atoms with E-state index in [9.17, 15) is 9.59 Å². The molecule has 3 rings (SSSR count). The number of rotatable bonds is 4. The van der Waals surface area contributed by atoms with Gasteiger partial charge in [-0.3, -0.25) is 19.4 Å². The van der Waals surface area contributed by atoms with Gasteiger partial charge in [0.25, 0.3) is 11.8 Å². The Balaban J connectivity index is 1.79. The van der Waals surface area contributed by atoms with Crippen molar-refractivity contribution in [3.63, 3.8) is 0 Å². The molecule has 0 aliphatic carbocycles. The minimum absolute atomic E-state index is 0.0559. The van der Waals surface area contributed by atoms with Gasteiger partial charge in [-0.25, -0.2) is 0 Å². The van der Waals surface area contributed by atoms with Crippen LogP contribution in [-0.2, 0) is 16.2 Å². The van der Waals surface area contributed by atoms with Crippen LogP contribution in [0.25, 0.3) is 6.08 Å². The predicted octanol–water partition coefficient (Wildman–Crippen LogP) is 4.28. The first-order valence-electron chi connectivity index (χ1n) is 8.26. The maximum Gasteiger partial charge on any atom is 0.265 e. The van der Waals surface area contributed by atoms with Gasteiger partial charge < -0.3 is 4.74 Å². The van der Waals surface area contributed by atoms with E-state index in [0.29, 0.717) is 27.4 Å². The molecule has 8 heteroatoms. The van der Waals surface area contributed by atoms with Crippen LogP contribution < -0.4 is 4.74 Å². The fraction of sp³-hybridized carbons (Fsp3) is 0.150. The number of halogens is 2. The van der Waals surface area contributed by atoms with Gasteiger partial charge in [0.15, 0.2) is 5.11 Å². The summed E-state index contributed by atoms with van der Waals surface area (Å²) < 4.78 is 6.53. The van der Waals surface area contributed by atoms with Crippen LogP contribution in [0.1, 0.15) is 11.1 Å². The van der Waals surface area contributed by atoms with E-state index in [-0.39, 0.29) is 10.7 Å². The molecule has 0 N–H and O–H groups in total. The highest BCUT2D eigenvalue weighted by molar-refractivity contribution is 9.10. The Morgan fingerprint density at radius 3 is 2.25 bits per heavy atom. The standard InChI is InChI=1S/C20H16BrClN2O3S/c1-23-18(25)15(19(26)24(2)20(23)28)9-13-5-8-17(16(21)10-13)27-11-12-3-6-14(22)7-4-12/h3-10H,11H2,1-2H3. The van der Waals surface area contributed by atoms with E-state index >= 15 is 0 Å². The van der Waals surface area contributed by atoms with E-state index in [2.05, 4.69) is 15.9 Å². The Hall–Kier alpha value is -2.22. The van der Waals surface area contributed by atoms with Crippen LogP contribution in [0.4, 0.5) is 0 Å².